The number of carbonyl (C=O) groups excluding carboxylic acids is 4. The Hall–Kier alpha value is -5.77. The van der Waals surface area contributed by atoms with Gasteiger partial charge in [-0.25, -0.2) is 23.7 Å². The van der Waals surface area contributed by atoms with Crippen molar-refractivity contribution in [1.29, 1.82) is 0 Å². The number of anilines is 1. The van der Waals surface area contributed by atoms with Gasteiger partial charge in [0.05, 0.1) is 31.6 Å². The van der Waals surface area contributed by atoms with Crippen molar-refractivity contribution in [2.75, 3.05) is 25.1 Å². The number of rotatable bonds is 12. The number of esters is 2. The van der Waals surface area contributed by atoms with Gasteiger partial charge in [-0.2, -0.15) is 5.10 Å². The van der Waals surface area contributed by atoms with Crippen LogP contribution in [0.25, 0.3) is 22.3 Å². The number of benzene rings is 2. The molecule has 5 rings (SSSR count). The number of alkyl carbamates (subject to hydrolysis) is 2. The maximum absolute atomic E-state index is 13.8. The normalized spacial score (nSPS) is 16.7. The van der Waals surface area contributed by atoms with Crippen LogP contribution in [0.15, 0.2) is 65.8 Å². The van der Waals surface area contributed by atoms with Gasteiger partial charge in [-0.15, -0.1) is 0 Å². The highest BCUT2D eigenvalue weighted by atomic mass is 35.5. The molecule has 324 valence electrons. The van der Waals surface area contributed by atoms with Gasteiger partial charge in [0.15, 0.2) is 12.2 Å². The van der Waals surface area contributed by atoms with Crippen LogP contribution in [0.5, 0.6) is 5.75 Å². The molecule has 2 N–H and O–H groups in total. The first-order valence-corrected chi connectivity index (χ1v) is 20.1. The number of nitrogens with zero attached hydrogens (tertiary/aromatic N) is 4. The second-order valence-corrected chi connectivity index (χ2v) is 17.8. The smallest absolute Gasteiger partial charge is 0.408 e. The quantitative estimate of drug-likeness (QED) is 0.116. The van der Waals surface area contributed by atoms with Crippen molar-refractivity contribution >= 4 is 46.9 Å². The Kier molecular flexibility index (Phi) is 13.8. The van der Waals surface area contributed by atoms with Gasteiger partial charge in [0.1, 0.15) is 40.9 Å². The predicted molar refractivity (Wildman–Crippen MR) is 226 cm³/mol. The summed E-state index contributed by atoms with van der Waals surface area (Å²) in [5, 5.41) is 10.3. The Morgan fingerprint density at radius 1 is 0.767 bits per heavy atom. The molecule has 2 aromatic carbocycles. The van der Waals surface area contributed by atoms with E-state index in [4.69, 9.17) is 35.3 Å². The first-order valence-electron chi connectivity index (χ1n) is 19.7. The van der Waals surface area contributed by atoms with Crippen LogP contribution in [0.4, 0.5) is 15.3 Å². The van der Waals surface area contributed by atoms with E-state index in [0.717, 1.165) is 11.1 Å². The van der Waals surface area contributed by atoms with Crippen LogP contribution in [-0.2, 0) is 28.5 Å². The zero-order valence-electron chi connectivity index (χ0n) is 35.9. The lowest BCUT2D eigenvalue weighted by Crippen LogP contribution is -2.50. The van der Waals surface area contributed by atoms with E-state index in [1.807, 2.05) is 17.0 Å². The zero-order chi connectivity index (χ0) is 44.3. The second kappa shape index (κ2) is 18.2. The number of nitrogens with one attached hydrogen (secondary N) is 2. The highest BCUT2D eigenvalue weighted by molar-refractivity contribution is 6.30. The van der Waals surface area contributed by atoms with E-state index >= 15 is 0 Å². The van der Waals surface area contributed by atoms with E-state index in [0.29, 0.717) is 27.7 Å². The van der Waals surface area contributed by atoms with E-state index in [-0.39, 0.29) is 18.6 Å². The third-order valence-corrected chi connectivity index (χ3v) is 9.68. The molecule has 2 aromatic heterocycles. The fraction of sp³-hybridized carbons (Fsp3) is 0.488. The van der Waals surface area contributed by atoms with Gasteiger partial charge < -0.3 is 39.2 Å². The molecule has 0 radical (unpaired) electrons. The van der Waals surface area contributed by atoms with Gasteiger partial charge in [0.2, 0.25) is 0 Å². The number of ether oxygens (including phenoxy) is 5. The van der Waals surface area contributed by atoms with Crippen molar-refractivity contribution in [2.24, 2.45) is 11.8 Å². The maximum Gasteiger partial charge on any atom is 0.408 e. The van der Waals surface area contributed by atoms with Crippen LogP contribution in [0, 0.1) is 11.8 Å². The molecule has 1 aliphatic rings. The van der Waals surface area contributed by atoms with E-state index in [1.165, 1.54) is 22.5 Å². The summed E-state index contributed by atoms with van der Waals surface area (Å²) in [6.45, 7) is 17.3. The Balaban J connectivity index is 1.44. The van der Waals surface area contributed by atoms with Crippen LogP contribution in [-0.4, -0.2) is 94.0 Å². The van der Waals surface area contributed by atoms with Gasteiger partial charge in [-0.1, -0.05) is 51.4 Å². The molecule has 3 heterocycles. The molecule has 0 spiro atoms. The molecule has 0 aliphatic carbocycles. The number of hydrogen-bond acceptors (Lipinski definition) is 12. The molecule has 0 bridgehead atoms. The van der Waals surface area contributed by atoms with E-state index in [2.05, 4.69) is 15.7 Å². The summed E-state index contributed by atoms with van der Waals surface area (Å²) in [4.78, 5) is 68.6. The largest absolute Gasteiger partial charge is 0.495 e. The molecule has 2 amide bonds. The van der Waals surface area contributed by atoms with Gasteiger partial charge in [-0.3, -0.25) is 9.36 Å². The summed E-state index contributed by atoms with van der Waals surface area (Å²) in [5.41, 5.74) is 1.10. The second-order valence-electron chi connectivity index (χ2n) is 17.3. The van der Waals surface area contributed by atoms with Crippen molar-refractivity contribution in [3.05, 3.63) is 76.4 Å². The van der Waals surface area contributed by atoms with Crippen LogP contribution in [0.2, 0.25) is 5.02 Å². The molecule has 16 nitrogen and oxygen atoms in total. The fourth-order valence-corrected chi connectivity index (χ4v) is 6.65. The minimum atomic E-state index is -1.09. The number of carbonyl (C=O) groups is 4. The first-order chi connectivity index (χ1) is 28.0. The third-order valence-electron chi connectivity index (χ3n) is 9.43. The van der Waals surface area contributed by atoms with Crippen molar-refractivity contribution in [3.63, 3.8) is 0 Å². The molecule has 17 heteroatoms. The van der Waals surface area contributed by atoms with Crippen LogP contribution in [0.1, 0.15) is 69.2 Å². The molecular formula is C43H55ClN6O10. The number of methoxy groups -OCH3 is 1. The molecule has 1 saturated heterocycles. The van der Waals surface area contributed by atoms with Gasteiger partial charge in [0.25, 0.3) is 5.56 Å². The molecular weight excluding hydrogens is 796 g/mol. The Bertz CT molecular complexity index is 2190. The Morgan fingerprint density at radius 2 is 1.28 bits per heavy atom. The van der Waals surface area contributed by atoms with Crippen molar-refractivity contribution in [2.45, 2.75) is 105 Å². The predicted octanol–water partition coefficient (Wildman–Crippen LogP) is 6.56. The van der Waals surface area contributed by atoms with Gasteiger partial charge in [0, 0.05) is 22.8 Å². The molecule has 4 atom stereocenters. The lowest BCUT2D eigenvalue weighted by molar-refractivity contribution is -0.167. The lowest BCUT2D eigenvalue weighted by Gasteiger charge is -2.28. The number of aromatic nitrogens is 3. The van der Waals surface area contributed by atoms with E-state index in [9.17, 15) is 24.0 Å². The first kappa shape index (κ1) is 45.3. The summed E-state index contributed by atoms with van der Waals surface area (Å²) in [7, 11) is 1.48. The topological polar surface area (TPSA) is 181 Å². The monoisotopic (exact) mass is 850 g/mol. The molecule has 0 saturated carbocycles. The van der Waals surface area contributed by atoms with Crippen LogP contribution in [0.3, 0.4) is 0 Å². The van der Waals surface area contributed by atoms with E-state index in [1.54, 1.807) is 112 Å². The average Bonchev–Trinajstić information content (AvgIpc) is 3.76. The van der Waals surface area contributed by atoms with Crippen molar-refractivity contribution in [3.8, 4) is 22.6 Å². The SMILES string of the molecule is COc1cc(-n2cnn3cc(-c4ccc(Cl)cc4)cc3c2=O)ccc1N1C[C@H](OC(=O)[C@@H](NC(=O)OC(C)(C)C)C(C)C)[C@H](OC(=O)[C@@H](NC(=O)OC(C)(C)C)C(C)C)C1. The van der Waals surface area contributed by atoms with Gasteiger partial charge in [-0.05, 0) is 89.3 Å². The molecule has 1 aliphatic heterocycles. The average molecular weight is 851 g/mol. The Morgan fingerprint density at radius 3 is 1.75 bits per heavy atom. The maximum atomic E-state index is 13.8. The number of amides is 2. The summed E-state index contributed by atoms with van der Waals surface area (Å²) in [6, 6.07) is 12.0. The minimum absolute atomic E-state index is 0.0492. The van der Waals surface area contributed by atoms with Crippen molar-refractivity contribution < 1.29 is 42.9 Å². The van der Waals surface area contributed by atoms with E-state index < -0.39 is 71.5 Å². The molecule has 0 unspecified atom stereocenters. The molecule has 1 fully saturated rings. The molecule has 4 aromatic rings. The highest BCUT2D eigenvalue weighted by Crippen LogP contribution is 2.35. The summed E-state index contributed by atoms with van der Waals surface area (Å²) < 4.78 is 31.6. The zero-order valence-corrected chi connectivity index (χ0v) is 36.7. The van der Waals surface area contributed by atoms with Gasteiger partial charge >= 0.3 is 24.1 Å². The fourth-order valence-electron chi connectivity index (χ4n) is 6.53. The summed E-state index contributed by atoms with van der Waals surface area (Å²) in [5.74, 6) is -1.94. The molecule has 60 heavy (non-hydrogen) atoms. The Labute approximate surface area is 354 Å². The minimum Gasteiger partial charge on any atom is -0.495 e. The van der Waals surface area contributed by atoms with Crippen LogP contribution >= 0.6 is 11.6 Å². The standard InChI is InChI=1S/C43H55ClN6O10/c1-24(2)35(46-40(54)59-42(5,6)7)38(52)57-33-21-48(22-34(33)58-39(53)36(25(3)4)47-41(55)60-43(8,9)10)30-17-16-29(19-32(30)56-11)49-23-45-50-20-27(18-31(50)37(49)51)26-12-14-28(44)15-13-26/h12-20,23-25,33-36H,21-22H2,1-11H3,(H,46,54)(H,47,55)/t33-,34+,35-,36-/m0/s1. The van der Waals surface area contributed by atoms with Crippen molar-refractivity contribution in [1.82, 2.24) is 24.8 Å². The summed E-state index contributed by atoms with van der Waals surface area (Å²) >= 11 is 6.07. The summed E-state index contributed by atoms with van der Waals surface area (Å²) in [6.07, 6.45) is -0.454. The number of fused-ring (bicyclic) bond motifs is 1. The number of hydrogen-bond donors (Lipinski definition) is 2. The third kappa shape index (κ3) is 11.3. The lowest BCUT2D eigenvalue weighted by atomic mass is 10.0. The highest BCUT2D eigenvalue weighted by Gasteiger charge is 2.43. The van der Waals surface area contributed by atoms with Crippen LogP contribution < -0.4 is 25.8 Å². The number of halogens is 1.